The molecule has 1 aromatic carbocycles. The first-order valence-corrected chi connectivity index (χ1v) is 10.5. The van der Waals surface area contributed by atoms with Crippen LogP contribution in [0.5, 0.6) is 0 Å². The molecule has 3 aliphatic carbocycles. The predicted octanol–water partition coefficient (Wildman–Crippen LogP) is 2.71. The predicted molar refractivity (Wildman–Crippen MR) is 99.7 cm³/mol. The Morgan fingerprint density at radius 3 is 2.56 bits per heavy atom. The summed E-state index contributed by atoms with van der Waals surface area (Å²) in [4.78, 5) is 12.5. The Bertz CT molecular complexity index is 814. The van der Waals surface area contributed by atoms with E-state index in [-0.39, 0.29) is 18.4 Å². The molecule has 0 aliphatic heterocycles. The number of rotatable bonds is 5. The summed E-state index contributed by atoms with van der Waals surface area (Å²) in [7, 11) is -3.38. The summed E-state index contributed by atoms with van der Waals surface area (Å²) in [5, 5.41) is 3.09. The molecule has 1 amide bonds. The molecule has 0 spiro atoms. The van der Waals surface area contributed by atoms with Gasteiger partial charge in [0.15, 0.2) is 0 Å². The smallest absolute Gasteiger partial charge is 0.229 e. The molecule has 3 aliphatic rings. The van der Waals surface area contributed by atoms with Crippen LogP contribution >= 0.6 is 0 Å². The molecule has 2 N–H and O–H groups in total. The summed E-state index contributed by atoms with van der Waals surface area (Å²) in [5.41, 5.74) is 2.54. The minimum atomic E-state index is -3.38. The highest BCUT2D eigenvalue weighted by Gasteiger charge is 2.54. The molecule has 6 heteroatoms. The normalized spacial score (nSPS) is 27.3. The Hall–Kier alpha value is -1.82. The van der Waals surface area contributed by atoms with Crippen molar-refractivity contribution in [2.75, 3.05) is 11.0 Å². The number of nitrogens with one attached hydrogen (secondary N) is 2. The zero-order chi connectivity index (χ0) is 18.4. The molecular formula is C19H26N2O3S. The molecule has 3 fully saturated rings. The molecule has 136 valence electrons. The number of para-hydroxylation sites is 1. The first-order valence-electron chi connectivity index (χ1n) is 8.61. The van der Waals surface area contributed by atoms with Crippen molar-refractivity contribution in [3.63, 3.8) is 0 Å². The second-order valence-electron chi connectivity index (χ2n) is 7.95. The van der Waals surface area contributed by atoms with Gasteiger partial charge in [-0.1, -0.05) is 44.2 Å². The van der Waals surface area contributed by atoms with E-state index < -0.39 is 10.0 Å². The maximum Gasteiger partial charge on any atom is 0.229 e. The van der Waals surface area contributed by atoms with Gasteiger partial charge < -0.3 is 5.32 Å². The van der Waals surface area contributed by atoms with Crippen molar-refractivity contribution in [2.24, 2.45) is 17.3 Å². The standard InChI is InChI=1S/C19H26N2O3S/c1-12-15-10-14(19(15,2)3)11-17(12)20-18(22)9-13-7-5-6-8-16(13)21-25(4,23)24/h5-8,14-15,17,21H,1,9-11H2,2-4H3,(H,20,22)/t14-,15+,17?/m1/s1. The molecule has 1 unspecified atom stereocenters. The molecule has 25 heavy (non-hydrogen) atoms. The molecule has 2 bridgehead atoms. The van der Waals surface area contributed by atoms with Crippen LogP contribution in [0.15, 0.2) is 36.4 Å². The summed E-state index contributed by atoms with van der Waals surface area (Å²) in [6, 6.07) is 7.00. The second-order valence-corrected chi connectivity index (χ2v) is 9.69. The first-order chi connectivity index (χ1) is 11.6. The fourth-order valence-corrected chi connectivity index (χ4v) is 4.87. The summed E-state index contributed by atoms with van der Waals surface area (Å²) < 4.78 is 25.4. The lowest BCUT2D eigenvalue weighted by Crippen LogP contribution is -2.57. The van der Waals surface area contributed by atoms with Gasteiger partial charge in [0.05, 0.1) is 24.4 Å². The van der Waals surface area contributed by atoms with E-state index in [4.69, 9.17) is 0 Å². The molecule has 0 aromatic heterocycles. The minimum absolute atomic E-state index is 0.0271. The van der Waals surface area contributed by atoms with Crippen molar-refractivity contribution in [1.29, 1.82) is 0 Å². The van der Waals surface area contributed by atoms with Gasteiger partial charge in [0, 0.05) is 0 Å². The molecular weight excluding hydrogens is 336 g/mol. The van der Waals surface area contributed by atoms with Crippen LogP contribution < -0.4 is 10.0 Å². The molecule has 0 saturated heterocycles. The first kappa shape index (κ1) is 18.0. The second kappa shape index (κ2) is 6.16. The molecule has 5 nitrogen and oxygen atoms in total. The third-order valence-corrected chi connectivity index (χ3v) is 6.48. The van der Waals surface area contributed by atoms with E-state index >= 15 is 0 Å². The van der Waals surface area contributed by atoms with Crippen LogP contribution in [0.2, 0.25) is 0 Å². The Balaban J connectivity index is 1.66. The van der Waals surface area contributed by atoms with E-state index in [1.54, 1.807) is 24.3 Å². The van der Waals surface area contributed by atoms with E-state index in [1.807, 2.05) is 0 Å². The molecule has 3 atom stereocenters. The SMILES string of the molecule is C=C1C(NC(=O)Cc2ccccc2NS(C)(=O)=O)C[C@H]2C[C@@H]1C2(C)C. The van der Waals surface area contributed by atoms with Gasteiger partial charge in [-0.15, -0.1) is 0 Å². The van der Waals surface area contributed by atoms with Crippen LogP contribution in [0.1, 0.15) is 32.3 Å². The van der Waals surface area contributed by atoms with Gasteiger partial charge in [-0.05, 0) is 41.7 Å². The van der Waals surface area contributed by atoms with E-state index in [0.29, 0.717) is 28.5 Å². The van der Waals surface area contributed by atoms with Crippen molar-refractivity contribution < 1.29 is 13.2 Å². The van der Waals surface area contributed by atoms with Crippen molar-refractivity contribution in [3.05, 3.63) is 42.0 Å². The van der Waals surface area contributed by atoms with Crippen LogP contribution in [-0.4, -0.2) is 26.6 Å². The zero-order valence-corrected chi connectivity index (χ0v) is 15.8. The average Bonchev–Trinajstić information content (AvgIpc) is 2.49. The Labute approximate surface area is 149 Å². The van der Waals surface area contributed by atoms with E-state index in [2.05, 4.69) is 30.5 Å². The highest BCUT2D eigenvalue weighted by Crippen LogP contribution is 2.60. The maximum absolute atomic E-state index is 12.5. The van der Waals surface area contributed by atoms with Crippen molar-refractivity contribution in [2.45, 2.75) is 39.2 Å². The third-order valence-electron chi connectivity index (χ3n) is 5.88. The van der Waals surface area contributed by atoms with Crippen molar-refractivity contribution in [1.82, 2.24) is 5.32 Å². The van der Waals surface area contributed by atoms with Gasteiger partial charge in [0.2, 0.25) is 15.9 Å². The van der Waals surface area contributed by atoms with Crippen LogP contribution in [0, 0.1) is 17.3 Å². The number of hydrogen-bond acceptors (Lipinski definition) is 3. The highest BCUT2D eigenvalue weighted by molar-refractivity contribution is 7.92. The summed E-state index contributed by atoms with van der Waals surface area (Å²) in [6.07, 6.45) is 3.36. The summed E-state index contributed by atoms with van der Waals surface area (Å²) in [6.45, 7) is 8.79. The summed E-state index contributed by atoms with van der Waals surface area (Å²) in [5.74, 6) is 1.01. The van der Waals surface area contributed by atoms with Crippen molar-refractivity contribution in [3.8, 4) is 0 Å². The van der Waals surface area contributed by atoms with Gasteiger partial charge in [-0.25, -0.2) is 8.42 Å². The Morgan fingerprint density at radius 1 is 1.28 bits per heavy atom. The zero-order valence-electron chi connectivity index (χ0n) is 15.0. The minimum Gasteiger partial charge on any atom is -0.349 e. The van der Waals surface area contributed by atoms with Crippen LogP contribution in [-0.2, 0) is 21.2 Å². The number of carbonyl (C=O) groups is 1. The van der Waals surface area contributed by atoms with Gasteiger partial charge in [-0.3, -0.25) is 9.52 Å². The van der Waals surface area contributed by atoms with Gasteiger partial charge in [-0.2, -0.15) is 0 Å². The van der Waals surface area contributed by atoms with E-state index in [1.165, 1.54) is 6.42 Å². The fourth-order valence-electron chi connectivity index (χ4n) is 4.27. The number of anilines is 1. The van der Waals surface area contributed by atoms with E-state index in [0.717, 1.165) is 18.2 Å². The third kappa shape index (κ3) is 3.59. The number of benzene rings is 1. The number of fused-ring (bicyclic) bond motifs is 2. The average molecular weight is 362 g/mol. The number of amides is 1. The molecule has 1 aromatic rings. The molecule has 0 radical (unpaired) electrons. The number of hydrogen-bond donors (Lipinski definition) is 2. The van der Waals surface area contributed by atoms with Gasteiger partial charge in [0.1, 0.15) is 0 Å². The maximum atomic E-state index is 12.5. The molecule has 4 rings (SSSR count). The van der Waals surface area contributed by atoms with Crippen LogP contribution in [0.4, 0.5) is 5.69 Å². The Kier molecular flexibility index (Phi) is 4.43. The van der Waals surface area contributed by atoms with E-state index in [9.17, 15) is 13.2 Å². The molecule has 3 saturated carbocycles. The van der Waals surface area contributed by atoms with Gasteiger partial charge >= 0.3 is 0 Å². The van der Waals surface area contributed by atoms with Crippen LogP contribution in [0.3, 0.4) is 0 Å². The quantitative estimate of drug-likeness (QED) is 0.791. The number of carbonyl (C=O) groups excluding carboxylic acids is 1. The van der Waals surface area contributed by atoms with Crippen LogP contribution in [0.25, 0.3) is 0 Å². The summed E-state index contributed by atoms with van der Waals surface area (Å²) >= 11 is 0. The monoisotopic (exact) mass is 362 g/mol. The van der Waals surface area contributed by atoms with Gasteiger partial charge in [0.25, 0.3) is 0 Å². The lowest BCUT2D eigenvalue weighted by Gasteiger charge is -2.60. The van der Waals surface area contributed by atoms with Crippen molar-refractivity contribution >= 4 is 21.6 Å². The fraction of sp³-hybridized carbons (Fsp3) is 0.526. The lowest BCUT2D eigenvalue weighted by atomic mass is 9.46. The highest BCUT2D eigenvalue weighted by atomic mass is 32.2. The topological polar surface area (TPSA) is 75.3 Å². The molecule has 0 heterocycles. The Morgan fingerprint density at radius 2 is 1.96 bits per heavy atom. The lowest BCUT2D eigenvalue weighted by molar-refractivity contribution is -0.122. The largest absolute Gasteiger partial charge is 0.349 e. The number of sulfonamides is 1.